The normalized spacial score (nSPS) is 11.1. The molecule has 5 aromatic rings. The molecular formula is C25H18N2O2. The van der Waals surface area contributed by atoms with Gasteiger partial charge in [0, 0.05) is 11.6 Å². The minimum absolute atomic E-state index is 0.134. The Bertz CT molecular complexity index is 1360. The fourth-order valence-corrected chi connectivity index (χ4v) is 3.72. The summed E-state index contributed by atoms with van der Waals surface area (Å²) in [7, 11) is 1.58. The lowest BCUT2D eigenvalue weighted by Crippen LogP contribution is -1.97. The van der Waals surface area contributed by atoms with Crippen molar-refractivity contribution >= 4 is 21.5 Å². The van der Waals surface area contributed by atoms with Crippen molar-refractivity contribution < 1.29 is 9.84 Å². The molecule has 0 bridgehead atoms. The molecule has 0 radical (unpaired) electrons. The fourth-order valence-electron chi connectivity index (χ4n) is 3.72. The van der Waals surface area contributed by atoms with Gasteiger partial charge < -0.3 is 9.84 Å². The van der Waals surface area contributed by atoms with Gasteiger partial charge in [0.1, 0.15) is 5.75 Å². The topological polar surface area (TPSA) is 55.2 Å². The van der Waals surface area contributed by atoms with Crippen molar-refractivity contribution in [3.63, 3.8) is 0 Å². The van der Waals surface area contributed by atoms with Crippen LogP contribution in [0.15, 0.2) is 84.9 Å². The largest absolute Gasteiger partial charge is 0.507 e. The van der Waals surface area contributed by atoms with Gasteiger partial charge in [-0.3, -0.25) is 0 Å². The number of methoxy groups -OCH3 is 1. The van der Waals surface area contributed by atoms with Crippen LogP contribution in [-0.2, 0) is 0 Å². The summed E-state index contributed by atoms with van der Waals surface area (Å²) >= 11 is 0. The summed E-state index contributed by atoms with van der Waals surface area (Å²) in [4.78, 5) is 9.25. The van der Waals surface area contributed by atoms with Crippen LogP contribution < -0.4 is 4.74 Å². The number of hydrogen-bond acceptors (Lipinski definition) is 4. The van der Waals surface area contributed by atoms with Gasteiger partial charge in [-0.2, -0.15) is 4.98 Å². The van der Waals surface area contributed by atoms with Crippen LogP contribution in [0.5, 0.6) is 11.6 Å². The highest BCUT2D eigenvalue weighted by atomic mass is 16.5. The number of phenolic OH excluding ortho intramolecular Hbond substituents is 1. The van der Waals surface area contributed by atoms with Crippen LogP contribution in [0.3, 0.4) is 0 Å². The van der Waals surface area contributed by atoms with Gasteiger partial charge in [-0.05, 0) is 39.7 Å². The van der Waals surface area contributed by atoms with Crippen molar-refractivity contribution in [1.29, 1.82) is 0 Å². The number of benzene rings is 4. The van der Waals surface area contributed by atoms with E-state index in [9.17, 15) is 5.11 Å². The van der Waals surface area contributed by atoms with E-state index in [0.29, 0.717) is 17.3 Å². The van der Waals surface area contributed by atoms with Crippen molar-refractivity contribution in [3.8, 4) is 34.3 Å². The van der Waals surface area contributed by atoms with E-state index in [0.717, 1.165) is 22.0 Å². The van der Waals surface area contributed by atoms with Gasteiger partial charge in [-0.1, -0.05) is 60.7 Å². The third-order valence-electron chi connectivity index (χ3n) is 5.10. The minimum atomic E-state index is 0.134. The predicted octanol–water partition coefficient (Wildman–Crippen LogP) is 5.83. The van der Waals surface area contributed by atoms with Crippen LogP contribution in [-0.4, -0.2) is 22.2 Å². The molecule has 0 amide bonds. The number of hydrogen-bond donors (Lipinski definition) is 1. The highest BCUT2D eigenvalue weighted by Gasteiger charge is 2.15. The van der Waals surface area contributed by atoms with Crippen LogP contribution >= 0.6 is 0 Å². The van der Waals surface area contributed by atoms with Crippen LogP contribution in [0.2, 0.25) is 0 Å². The van der Waals surface area contributed by atoms with Crippen LogP contribution in [0.25, 0.3) is 44.2 Å². The average Bonchev–Trinajstić information content (AvgIpc) is 2.78. The smallest absolute Gasteiger partial charge is 0.217 e. The summed E-state index contributed by atoms with van der Waals surface area (Å²) in [6, 6.07) is 27.7. The summed E-state index contributed by atoms with van der Waals surface area (Å²) in [5.74, 6) is 1.01. The molecule has 0 aliphatic carbocycles. The maximum atomic E-state index is 10.3. The van der Waals surface area contributed by atoms with Gasteiger partial charge in [-0.15, -0.1) is 0 Å². The standard InChI is InChI=1S/C25H18N2O2/c1-29-24-15-22(26-25(27-24)20-12-6-7-13-23(20)28)21-14-16-8-2-3-9-17(16)18-10-4-5-11-19(18)21/h2-15,28H,1H3. The molecule has 1 N–H and O–H groups in total. The van der Waals surface area contributed by atoms with Crippen molar-refractivity contribution in [2.24, 2.45) is 0 Å². The summed E-state index contributed by atoms with van der Waals surface area (Å²) in [5.41, 5.74) is 2.31. The summed E-state index contributed by atoms with van der Waals surface area (Å²) < 4.78 is 5.45. The maximum Gasteiger partial charge on any atom is 0.217 e. The molecule has 1 aromatic heterocycles. The van der Waals surface area contributed by atoms with Gasteiger partial charge in [0.25, 0.3) is 0 Å². The summed E-state index contributed by atoms with van der Waals surface area (Å²) in [6.45, 7) is 0. The van der Waals surface area contributed by atoms with E-state index in [1.54, 1.807) is 25.3 Å². The zero-order valence-corrected chi connectivity index (χ0v) is 15.8. The van der Waals surface area contributed by atoms with E-state index < -0.39 is 0 Å². The lowest BCUT2D eigenvalue weighted by atomic mass is 9.95. The first-order valence-electron chi connectivity index (χ1n) is 9.37. The second kappa shape index (κ2) is 6.91. The summed E-state index contributed by atoms with van der Waals surface area (Å²) in [5, 5.41) is 14.9. The number of nitrogens with zero attached hydrogens (tertiary/aromatic N) is 2. The SMILES string of the molecule is COc1cc(-c2cc3ccccc3c3ccccc23)nc(-c2ccccc2O)n1. The molecule has 1 heterocycles. The van der Waals surface area contributed by atoms with Crippen molar-refractivity contribution in [2.75, 3.05) is 7.11 Å². The molecule has 140 valence electrons. The lowest BCUT2D eigenvalue weighted by Gasteiger charge is -2.13. The monoisotopic (exact) mass is 378 g/mol. The molecule has 0 fully saturated rings. The van der Waals surface area contributed by atoms with Crippen LogP contribution in [0, 0.1) is 0 Å². The second-order valence-electron chi connectivity index (χ2n) is 6.83. The average molecular weight is 378 g/mol. The van der Waals surface area contributed by atoms with Crippen molar-refractivity contribution in [3.05, 3.63) is 84.9 Å². The number of rotatable bonds is 3. The highest BCUT2D eigenvalue weighted by molar-refractivity contribution is 6.13. The maximum absolute atomic E-state index is 10.3. The van der Waals surface area contributed by atoms with Gasteiger partial charge in [0.2, 0.25) is 5.88 Å². The van der Waals surface area contributed by atoms with Gasteiger partial charge >= 0.3 is 0 Å². The molecule has 0 saturated heterocycles. The van der Waals surface area contributed by atoms with Crippen molar-refractivity contribution in [1.82, 2.24) is 9.97 Å². The molecule has 0 saturated carbocycles. The highest BCUT2D eigenvalue weighted by Crippen LogP contribution is 2.36. The van der Waals surface area contributed by atoms with E-state index >= 15 is 0 Å². The second-order valence-corrected chi connectivity index (χ2v) is 6.83. The van der Waals surface area contributed by atoms with Gasteiger partial charge in [0.15, 0.2) is 5.82 Å². The van der Waals surface area contributed by atoms with Crippen LogP contribution in [0.1, 0.15) is 0 Å². The first kappa shape index (κ1) is 17.2. The predicted molar refractivity (Wildman–Crippen MR) is 116 cm³/mol. The Morgan fingerprint density at radius 2 is 1.38 bits per heavy atom. The number of ether oxygens (including phenoxy) is 1. The zero-order chi connectivity index (χ0) is 19.8. The number of phenols is 1. The Balaban J connectivity index is 1.83. The number of aromatic hydroxyl groups is 1. The quantitative estimate of drug-likeness (QED) is 0.401. The first-order valence-corrected chi connectivity index (χ1v) is 9.37. The third-order valence-corrected chi connectivity index (χ3v) is 5.10. The molecule has 4 nitrogen and oxygen atoms in total. The number of aromatic nitrogens is 2. The third kappa shape index (κ3) is 2.95. The zero-order valence-electron chi connectivity index (χ0n) is 15.8. The van der Waals surface area contributed by atoms with E-state index in [1.807, 2.05) is 30.3 Å². The molecule has 29 heavy (non-hydrogen) atoms. The number of fused-ring (bicyclic) bond motifs is 3. The minimum Gasteiger partial charge on any atom is -0.507 e. The molecule has 0 spiro atoms. The van der Waals surface area contributed by atoms with E-state index in [4.69, 9.17) is 9.72 Å². The fraction of sp³-hybridized carbons (Fsp3) is 0.0400. The first-order chi connectivity index (χ1) is 14.2. The van der Waals surface area contributed by atoms with E-state index in [2.05, 4.69) is 41.4 Å². The molecule has 0 atom stereocenters. The Hall–Kier alpha value is -3.92. The Labute approximate surface area is 168 Å². The van der Waals surface area contributed by atoms with Crippen LogP contribution in [0.4, 0.5) is 0 Å². The molecule has 0 aliphatic rings. The van der Waals surface area contributed by atoms with E-state index in [-0.39, 0.29) is 5.75 Å². The van der Waals surface area contributed by atoms with Gasteiger partial charge in [-0.25, -0.2) is 4.98 Å². The molecule has 5 rings (SSSR count). The Morgan fingerprint density at radius 1 is 0.690 bits per heavy atom. The Kier molecular flexibility index (Phi) is 4.10. The molecule has 0 unspecified atom stereocenters. The lowest BCUT2D eigenvalue weighted by molar-refractivity contribution is 0.397. The molecule has 4 heteroatoms. The molecule has 4 aromatic carbocycles. The van der Waals surface area contributed by atoms with E-state index in [1.165, 1.54) is 10.8 Å². The van der Waals surface area contributed by atoms with Gasteiger partial charge in [0.05, 0.1) is 18.4 Å². The molecule has 0 aliphatic heterocycles. The van der Waals surface area contributed by atoms with Crippen molar-refractivity contribution in [2.45, 2.75) is 0 Å². The summed E-state index contributed by atoms with van der Waals surface area (Å²) in [6.07, 6.45) is 0. The Morgan fingerprint density at radius 3 is 2.17 bits per heavy atom. The number of para-hydroxylation sites is 1. The molecular weight excluding hydrogens is 360 g/mol.